The van der Waals surface area contributed by atoms with Gasteiger partial charge in [0.15, 0.2) is 0 Å². The van der Waals surface area contributed by atoms with Crippen LogP contribution in [0.3, 0.4) is 0 Å². The summed E-state index contributed by atoms with van der Waals surface area (Å²) in [6.07, 6.45) is -2.37. The van der Waals surface area contributed by atoms with Crippen molar-refractivity contribution in [2.75, 3.05) is 5.32 Å². The van der Waals surface area contributed by atoms with Crippen LogP contribution in [0, 0.1) is 5.92 Å². The van der Waals surface area contributed by atoms with Crippen LogP contribution >= 0.6 is 11.6 Å². The van der Waals surface area contributed by atoms with Crippen LogP contribution in [0.1, 0.15) is 25.3 Å². The molecule has 1 saturated carbocycles. The molecule has 1 N–H and O–H groups in total. The highest BCUT2D eigenvalue weighted by Gasteiger charge is 2.32. The highest BCUT2D eigenvalue weighted by atomic mass is 35.5. The quantitative estimate of drug-likeness (QED) is 0.824. The molecule has 1 aromatic carbocycles. The summed E-state index contributed by atoms with van der Waals surface area (Å²) in [6, 6.07) is 3.84. The van der Waals surface area contributed by atoms with Crippen molar-refractivity contribution < 1.29 is 13.2 Å². The van der Waals surface area contributed by atoms with Crippen molar-refractivity contribution in [3.8, 4) is 0 Å². The Morgan fingerprint density at radius 3 is 2.41 bits per heavy atom. The monoisotopic (exact) mass is 263 g/mol. The molecule has 0 unspecified atom stereocenters. The maximum Gasteiger partial charge on any atom is 0.416 e. The van der Waals surface area contributed by atoms with E-state index < -0.39 is 11.7 Å². The largest absolute Gasteiger partial charge is 0.416 e. The van der Waals surface area contributed by atoms with Crippen LogP contribution in [0.15, 0.2) is 18.2 Å². The molecule has 0 aliphatic heterocycles. The van der Waals surface area contributed by atoms with E-state index in [1.165, 1.54) is 6.07 Å². The predicted molar refractivity (Wildman–Crippen MR) is 62.3 cm³/mol. The summed E-state index contributed by atoms with van der Waals surface area (Å²) >= 11 is 5.69. The minimum Gasteiger partial charge on any atom is -0.382 e. The van der Waals surface area contributed by atoms with Crippen LogP contribution in [0.4, 0.5) is 18.9 Å². The molecule has 0 saturated heterocycles. The second-order valence-electron chi connectivity index (χ2n) is 4.64. The zero-order chi connectivity index (χ0) is 12.6. The van der Waals surface area contributed by atoms with Crippen molar-refractivity contribution in [2.45, 2.75) is 32.0 Å². The topological polar surface area (TPSA) is 12.0 Å². The SMILES string of the molecule is CC1CC(Nc2cc(Cl)cc(C(F)(F)F)c2)C1. The summed E-state index contributed by atoms with van der Waals surface area (Å²) in [6.45, 7) is 2.12. The molecule has 1 aliphatic carbocycles. The normalized spacial score (nSPS) is 24.3. The molecule has 5 heteroatoms. The van der Waals surface area contributed by atoms with Gasteiger partial charge < -0.3 is 5.32 Å². The van der Waals surface area contributed by atoms with Crippen molar-refractivity contribution in [3.05, 3.63) is 28.8 Å². The Labute approximate surface area is 103 Å². The van der Waals surface area contributed by atoms with Gasteiger partial charge in [0.05, 0.1) is 5.56 Å². The molecular formula is C12H13ClF3N. The maximum atomic E-state index is 12.6. The first-order valence-electron chi connectivity index (χ1n) is 5.49. The van der Waals surface area contributed by atoms with E-state index in [4.69, 9.17) is 11.6 Å². The summed E-state index contributed by atoms with van der Waals surface area (Å²) < 4.78 is 37.7. The predicted octanol–water partition coefficient (Wildman–Crippen LogP) is 4.57. The minimum absolute atomic E-state index is 0.106. The van der Waals surface area contributed by atoms with E-state index in [0.29, 0.717) is 11.6 Å². The van der Waals surface area contributed by atoms with Gasteiger partial charge in [-0.2, -0.15) is 13.2 Å². The lowest BCUT2D eigenvalue weighted by atomic mass is 9.82. The summed E-state index contributed by atoms with van der Waals surface area (Å²) in [5.41, 5.74) is -0.262. The standard InChI is InChI=1S/C12H13ClF3N/c1-7-2-10(3-7)17-11-5-8(12(14,15)16)4-9(13)6-11/h4-7,10,17H,2-3H2,1H3. The molecule has 2 rings (SSSR count). The van der Waals surface area contributed by atoms with Gasteiger partial charge in [-0.15, -0.1) is 0 Å². The Morgan fingerprint density at radius 1 is 1.24 bits per heavy atom. The van der Waals surface area contributed by atoms with Crippen LogP contribution in [0.5, 0.6) is 0 Å². The molecule has 0 spiro atoms. The van der Waals surface area contributed by atoms with E-state index in [9.17, 15) is 13.2 Å². The molecule has 1 aromatic rings. The second kappa shape index (κ2) is 4.41. The highest BCUT2D eigenvalue weighted by Crippen LogP contribution is 2.35. The van der Waals surface area contributed by atoms with Crippen LogP contribution in [-0.2, 0) is 6.18 Å². The number of hydrogen-bond donors (Lipinski definition) is 1. The minimum atomic E-state index is -4.35. The maximum absolute atomic E-state index is 12.6. The Bertz CT molecular complexity index is 411. The van der Waals surface area contributed by atoms with Crippen molar-refractivity contribution >= 4 is 17.3 Å². The first kappa shape index (κ1) is 12.6. The van der Waals surface area contributed by atoms with Crippen LogP contribution in [0.25, 0.3) is 0 Å². The summed E-state index contributed by atoms with van der Waals surface area (Å²) in [5.74, 6) is 0.647. The molecule has 0 aromatic heterocycles. The van der Waals surface area contributed by atoms with Crippen LogP contribution < -0.4 is 5.32 Å². The third kappa shape index (κ3) is 3.06. The lowest BCUT2D eigenvalue weighted by Gasteiger charge is -2.34. The summed E-state index contributed by atoms with van der Waals surface area (Å²) in [7, 11) is 0. The van der Waals surface area contributed by atoms with Crippen LogP contribution in [0.2, 0.25) is 5.02 Å². The Balaban J connectivity index is 2.14. The van der Waals surface area contributed by atoms with Gasteiger partial charge in [0.25, 0.3) is 0 Å². The van der Waals surface area contributed by atoms with E-state index >= 15 is 0 Å². The lowest BCUT2D eigenvalue weighted by molar-refractivity contribution is -0.137. The molecular weight excluding hydrogens is 251 g/mol. The number of nitrogens with one attached hydrogen (secondary N) is 1. The second-order valence-corrected chi connectivity index (χ2v) is 5.08. The molecule has 0 atom stereocenters. The van der Waals surface area contributed by atoms with Crippen LogP contribution in [-0.4, -0.2) is 6.04 Å². The Morgan fingerprint density at radius 2 is 1.88 bits per heavy atom. The zero-order valence-corrected chi connectivity index (χ0v) is 10.1. The molecule has 0 radical (unpaired) electrons. The van der Waals surface area contributed by atoms with Crippen molar-refractivity contribution in [1.82, 2.24) is 0 Å². The first-order chi connectivity index (χ1) is 7.84. The number of benzene rings is 1. The van der Waals surface area contributed by atoms with Crippen molar-refractivity contribution in [3.63, 3.8) is 0 Å². The molecule has 1 fully saturated rings. The molecule has 1 aliphatic rings. The van der Waals surface area contributed by atoms with Gasteiger partial charge in [0, 0.05) is 16.8 Å². The van der Waals surface area contributed by atoms with Gasteiger partial charge in [-0.25, -0.2) is 0 Å². The van der Waals surface area contributed by atoms with Crippen molar-refractivity contribution in [2.24, 2.45) is 5.92 Å². The molecule has 0 heterocycles. The average Bonchev–Trinajstić information content (AvgIpc) is 2.13. The number of rotatable bonds is 2. The van der Waals surface area contributed by atoms with Gasteiger partial charge in [-0.05, 0) is 37.0 Å². The van der Waals surface area contributed by atoms with Gasteiger partial charge in [0.2, 0.25) is 0 Å². The molecule has 0 bridgehead atoms. The van der Waals surface area contributed by atoms with E-state index in [-0.39, 0.29) is 11.1 Å². The third-order valence-corrected chi connectivity index (χ3v) is 3.19. The molecule has 17 heavy (non-hydrogen) atoms. The highest BCUT2D eigenvalue weighted by molar-refractivity contribution is 6.30. The first-order valence-corrected chi connectivity index (χ1v) is 5.86. The number of halogens is 4. The fourth-order valence-electron chi connectivity index (χ4n) is 2.09. The third-order valence-electron chi connectivity index (χ3n) is 2.97. The van der Waals surface area contributed by atoms with Crippen molar-refractivity contribution in [1.29, 1.82) is 0 Å². The fourth-order valence-corrected chi connectivity index (χ4v) is 2.33. The van der Waals surface area contributed by atoms with Gasteiger partial charge in [-0.1, -0.05) is 18.5 Å². The Hall–Kier alpha value is -0.900. The van der Waals surface area contributed by atoms with Gasteiger partial charge in [-0.3, -0.25) is 0 Å². The van der Waals surface area contributed by atoms with Gasteiger partial charge in [0.1, 0.15) is 0 Å². The van der Waals surface area contributed by atoms with E-state index in [1.54, 1.807) is 0 Å². The van der Waals surface area contributed by atoms with E-state index in [2.05, 4.69) is 12.2 Å². The number of hydrogen-bond acceptors (Lipinski definition) is 1. The van der Waals surface area contributed by atoms with E-state index in [0.717, 1.165) is 25.0 Å². The summed E-state index contributed by atoms with van der Waals surface area (Å²) in [4.78, 5) is 0. The number of anilines is 1. The van der Waals surface area contributed by atoms with E-state index in [1.807, 2.05) is 0 Å². The molecule has 94 valence electrons. The number of alkyl halides is 3. The molecule has 0 amide bonds. The van der Waals surface area contributed by atoms with Gasteiger partial charge >= 0.3 is 6.18 Å². The summed E-state index contributed by atoms with van der Waals surface area (Å²) in [5, 5.41) is 3.18. The molecule has 1 nitrogen and oxygen atoms in total. The fraction of sp³-hybridized carbons (Fsp3) is 0.500. The Kier molecular flexibility index (Phi) is 3.25. The lowest BCUT2D eigenvalue weighted by Crippen LogP contribution is -2.33. The zero-order valence-electron chi connectivity index (χ0n) is 9.31. The average molecular weight is 264 g/mol. The smallest absolute Gasteiger partial charge is 0.382 e.